The Balaban J connectivity index is 2.38. The highest BCUT2D eigenvalue weighted by atomic mass is 32.2. The molecule has 0 saturated carbocycles. The summed E-state index contributed by atoms with van der Waals surface area (Å²) < 4.78 is 27.2. The highest BCUT2D eigenvalue weighted by Gasteiger charge is 2.23. The van der Waals surface area contributed by atoms with Crippen molar-refractivity contribution in [1.82, 2.24) is 0 Å². The van der Waals surface area contributed by atoms with E-state index in [9.17, 15) is 8.78 Å². The third kappa shape index (κ3) is 3.83. The van der Waals surface area contributed by atoms with Gasteiger partial charge in [0, 0.05) is 16.2 Å². The van der Waals surface area contributed by atoms with E-state index in [2.05, 4.69) is 0 Å². The van der Waals surface area contributed by atoms with Gasteiger partial charge in [-0.3, -0.25) is 0 Å². The van der Waals surface area contributed by atoms with E-state index in [1.54, 1.807) is 0 Å². The zero-order valence-corrected chi connectivity index (χ0v) is 13.0. The number of nitrogens with two attached hydrogens (primary N) is 1. The molecule has 0 fully saturated rings. The van der Waals surface area contributed by atoms with Crippen LogP contribution in [0.1, 0.15) is 29.7 Å². The van der Waals surface area contributed by atoms with Gasteiger partial charge in [0.05, 0.1) is 0 Å². The van der Waals surface area contributed by atoms with Crippen LogP contribution in [-0.2, 0) is 0 Å². The predicted molar refractivity (Wildman–Crippen MR) is 84.4 cm³/mol. The number of aryl methyl sites for hydroxylation is 1. The predicted octanol–water partition coefficient (Wildman–Crippen LogP) is 4.84. The molecule has 21 heavy (non-hydrogen) atoms. The fourth-order valence-electron chi connectivity index (χ4n) is 2.21. The normalized spacial score (nSPS) is 14.0. The molecule has 4 heteroatoms. The van der Waals surface area contributed by atoms with Crippen LogP contribution in [0.2, 0.25) is 0 Å². The molecule has 0 saturated heterocycles. The molecule has 0 spiro atoms. The second kappa shape index (κ2) is 7.05. The number of rotatable bonds is 5. The molecule has 0 aromatic heterocycles. The van der Waals surface area contributed by atoms with Crippen LogP contribution < -0.4 is 5.73 Å². The van der Waals surface area contributed by atoms with Crippen molar-refractivity contribution >= 4 is 11.8 Å². The Labute approximate surface area is 128 Å². The molecule has 2 aromatic rings. The average molecular weight is 307 g/mol. The Morgan fingerprint density at radius 3 is 2.52 bits per heavy atom. The lowest BCUT2D eigenvalue weighted by molar-refractivity contribution is 0.574. The summed E-state index contributed by atoms with van der Waals surface area (Å²) in [7, 11) is 0. The molecule has 0 bridgehead atoms. The molecule has 0 aliphatic rings. The maximum atomic E-state index is 13.9. The topological polar surface area (TPSA) is 26.0 Å². The first-order chi connectivity index (χ1) is 10.0. The molecule has 0 aliphatic carbocycles. The Hall–Kier alpha value is -1.39. The van der Waals surface area contributed by atoms with Gasteiger partial charge in [-0.2, -0.15) is 0 Å². The molecule has 1 nitrogen and oxygen atoms in total. The van der Waals surface area contributed by atoms with Gasteiger partial charge in [0.1, 0.15) is 11.6 Å². The minimum absolute atomic E-state index is 0.104. The molecule has 0 radical (unpaired) electrons. The summed E-state index contributed by atoms with van der Waals surface area (Å²) in [6, 6.07) is 11.3. The fraction of sp³-hybridized carbons (Fsp3) is 0.294. The fourth-order valence-corrected chi connectivity index (χ4v) is 3.60. The molecule has 2 unspecified atom stereocenters. The van der Waals surface area contributed by atoms with Crippen LogP contribution in [0.5, 0.6) is 0 Å². The Morgan fingerprint density at radius 2 is 1.86 bits per heavy atom. The number of thioether (sulfide) groups is 1. The number of hydrogen-bond donors (Lipinski definition) is 1. The van der Waals surface area contributed by atoms with Crippen LogP contribution in [0.15, 0.2) is 47.4 Å². The van der Waals surface area contributed by atoms with Gasteiger partial charge < -0.3 is 5.73 Å². The first-order valence-corrected chi connectivity index (χ1v) is 7.83. The molecule has 0 aliphatic heterocycles. The summed E-state index contributed by atoms with van der Waals surface area (Å²) in [5.41, 5.74) is 8.39. The minimum atomic E-state index is -0.437. The lowest BCUT2D eigenvalue weighted by atomic mass is 10.00. The number of halogens is 2. The van der Waals surface area contributed by atoms with E-state index in [1.165, 1.54) is 17.8 Å². The van der Waals surface area contributed by atoms with E-state index in [-0.39, 0.29) is 11.3 Å². The molecule has 112 valence electrons. The highest BCUT2D eigenvalue weighted by molar-refractivity contribution is 7.99. The van der Waals surface area contributed by atoms with Crippen LogP contribution in [0.4, 0.5) is 8.78 Å². The average Bonchev–Trinajstić information content (AvgIpc) is 2.48. The van der Waals surface area contributed by atoms with Crippen molar-refractivity contribution in [2.45, 2.75) is 36.5 Å². The second-order valence-corrected chi connectivity index (χ2v) is 6.23. The summed E-state index contributed by atoms with van der Waals surface area (Å²) in [6.45, 7) is 4.01. The first kappa shape index (κ1) is 16.0. The molecule has 0 amide bonds. The summed E-state index contributed by atoms with van der Waals surface area (Å²) in [5.74, 6) is -0.851. The third-order valence-corrected chi connectivity index (χ3v) is 4.93. The monoisotopic (exact) mass is 307 g/mol. The maximum absolute atomic E-state index is 13.9. The quantitative estimate of drug-likeness (QED) is 0.800. The lowest BCUT2D eigenvalue weighted by Crippen LogP contribution is -2.26. The Kier molecular flexibility index (Phi) is 5.37. The molecule has 0 heterocycles. The van der Waals surface area contributed by atoms with Gasteiger partial charge in [0.15, 0.2) is 0 Å². The SMILES string of the molecule is CCC(N)C(Sc1cc(F)ccc1F)c1ccccc1C. The van der Waals surface area contributed by atoms with Crippen molar-refractivity contribution in [2.75, 3.05) is 0 Å². The molecule has 2 atom stereocenters. The maximum Gasteiger partial charge on any atom is 0.136 e. The van der Waals surface area contributed by atoms with Crippen LogP contribution in [0, 0.1) is 18.6 Å². The van der Waals surface area contributed by atoms with Crippen molar-refractivity contribution < 1.29 is 8.78 Å². The Morgan fingerprint density at radius 1 is 1.14 bits per heavy atom. The largest absolute Gasteiger partial charge is 0.326 e. The van der Waals surface area contributed by atoms with Gasteiger partial charge in [-0.15, -0.1) is 11.8 Å². The summed E-state index contributed by atoms with van der Waals surface area (Å²) in [5, 5.41) is -0.104. The molecule has 2 aromatic carbocycles. The number of hydrogen-bond acceptors (Lipinski definition) is 2. The Bertz CT molecular complexity index is 615. The van der Waals surface area contributed by atoms with Crippen molar-refractivity contribution in [1.29, 1.82) is 0 Å². The summed E-state index contributed by atoms with van der Waals surface area (Å²) in [6.07, 6.45) is 0.767. The highest BCUT2D eigenvalue weighted by Crippen LogP contribution is 2.40. The van der Waals surface area contributed by atoms with Gasteiger partial charge in [-0.1, -0.05) is 31.2 Å². The lowest BCUT2D eigenvalue weighted by Gasteiger charge is -2.24. The molecular weight excluding hydrogens is 288 g/mol. The van der Waals surface area contributed by atoms with Crippen LogP contribution in [0.3, 0.4) is 0 Å². The van der Waals surface area contributed by atoms with Crippen molar-refractivity contribution in [3.05, 3.63) is 65.2 Å². The van der Waals surface area contributed by atoms with Crippen molar-refractivity contribution in [2.24, 2.45) is 5.73 Å². The van der Waals surface area contributed by atoms with Gasteiger partial charge in [-0.25, -0.2) is 8.78 Å². The molecular formula is C17H19F2NS. The van der Waals surface area contributed by atoms with Crippen LogP contribution in [-0.4, -0.2) is 6.04 Å². The minimum Gasteiger partial charge on any atom is -0.326 e. The van der Waals surface area contributed by atoms with Crippen LogP contribution >= 0.6 is 11.8 Å². The molecule has 2 N–H and O–H groups in total. The van der Waals surface area contributed by atoms with E-state index in [1.807, 2.05) is 38.1 Å². The second-order valence-electron chi connectivity index (χ2n) is 5.04. The van der Waals surface area contributed by atoms with Gasteiger partial charge in [-0.05, 0) is 42.7 Å². The van der Waals surface area contributed by atoms with Gasteiger partial charge in [0.2, 0.25) is 0 Å². The summed E-state index contributed by atoms with van der Waals surface area (Å²) >= 11 is 1.29. The van der Waals surface area contributed by atoms with Crippen molar-refractivity contribution in [3.8, 4) is 0 Å². The smallest absolute Gasteiger partial charge is 0.136 e. The zero-order chi connectivity index (χ0) is 15.4. The van der Waals surface area contributed by atoms with E-state index in [0.29, 0.717) is 4.90 Å². The standard InChI is InChI=1S/C17H19F2NS/c1-3-15(20)17(13-7-5-4-6-11(13)2)21-16-10-12(18)8-9-14(16)19/h4-10,15,17H,3,20H2,1-2H3. The van der Waals surface area contributed by atoms with E-state index < -0.39 is 11.6 Å². The van der Waals surface area contributed by atoms with Crippen LogP contribution in [0.25, 0.3) is 0 Å². The zero-order valence-electron chi connectivity index (χ0n) is 12.1. The van der Waals surface area contributed by atoms with Crippen molar-refractivity contribution in [3.63, 3.8) is 0 Å². The first-order valence-electron chi connectivity index (χ1n) is 6.95. The third-order valence-electron chi connectivity index (χ3n) is 3.50. The van der Waals surface area contributed by atoms with Gasteiger partial charge in [0.25, 0.3) is 0 Å². The van der Waals surface area contributed by atoms with E-state index in [0.717, 1.165) is 29.7 Å². The van der Waals surface area contributed by atoms with E-state index >= 15 is 0 Å². The van der Waals surface area contributed by atoms with E-state index in [4.69, 9.17) is 5.73 Å². The molecule has 2 rings (SSSR count). The van der Waals surface area contributed by atoms with Gasteiger partial charge >= 0.3 is 0 Å². The summed E-state index contributed by atoms with van der Waals surface area (Å²) in [4.78, 5) is 0.298. The number of benzene rings is 2.